The molecule has 1 aromatic rings. The molecule has 1 aliphatic rings. The summed E-state index contributed by atoms with van der Waals surface area (Å²) in [5, 5.41) is 11.5. The average molecular weight is 299 g/mol. The van der Waals surface area contributed by atoms with Crippen LogP contribution in [0.4, 0.5) is 0 Å². The van der Waals surface area contributed by atoms with Crippen molar-refractivity contribution in [2.24, 2.45) is 0 Å². The van der Waals surface area contributed by atoms with Gasteiger partial charge in [0.1, 0.15) is 16.9 Å². The first-order valence-corrected chi connectivity index (χ1v) is 6.15. The minimum atomic E-state index is -1.16. The predicted molar refractivity (Wildman–Crippen MR) is 67.1 cm³/mol. The van der Waals surface area contributed by atoms with Gasteiger partial charge < -0.3 is 15.3 Å². The molecule has 8 nitrogen and oxygen atoms in total. The Labute approximate surface area is 118 Å². The summed E-state index contributed by atoms with van der Waals surface area (Å²) in [4.78, 5) is 43.5. The van der Waals surface area contributed by atoms with E-state index in [1.54, 1.807) is 0 Å². The van der Waals surface area contributed by atoms with E-state index in [0.29, 0.717) is 0 Å². The van der Waals surface area contributed by atoms with Crippen LogP contribution in [0.5, 0.6) is 0 Å². The van der Waals surface area contributed by atoms with Gasteiger partial charge in [0.2, 0.25) is 5.91 Å². The number of nitrogens with one attached hydrogen (secondary N) is 1. The van der Waals surface area contributed by atoms with Gasteiger partial charge in [0, 0.05) is 13.1 Å². The molecule has 0 bridgehead atoms. The van der Waals surface area contributed by atoms with Gasteiger partial charge in [-0.15, -0.1) is 0 Å². The molecule has 106 valence electrons. The number of halogens is 1. The first-order chi connectivity index (χ1) is 9.49. The zero-order valence-corrected chi connectivity index (χ0v) is 11.0. The molecule has 9 heteroatoms. The number of carbonyl (C=O) groups excluding carboxylic acids is 2. The fraction of sp³-hybridized carbons (Fsp3) is 0.364. The molecule has 0 aromatic carbocycles. The third-order valence-corrected chi connectivity index (χ3v) is 2.99. The van der Waals surface area contributed by atoms with E-state index in [9.17, 15) is 14.4 Å². The Kier molecular flexibility index (Phi) is 4.14. The minimum Gasteiger partial charge on any atom is -0.481 e. The van der Waals surface area contributed by atoms with Crippen LogP contribution in [0.15, 0.2) is 12.4 Å². The molecular formula is C11H11ClN4O4. The van der Waals surface area contributed by atoms with Crippen LogP contribution in [0.25, 0.3) is 0 Å². The Morgan fingerprint density at radius 1 is 1.45 bits per heavy atom. The summed E-state index contributed by atoms with van der Waals surface area (Å²) in [5.41, 5.74) is 0.0134. The van der Waals surface area contributed by atoms with Crippen LogP contribution in [0.3, 0.4) is 0 Å². The van der Waals surface area contributed by atoms with Gasteiger partial charge in [-0.2, -0.15) is 0 Å². The SMILES string of the molecule is O=C(O)CC1C(=O)NCCN1C(=O)c1cnc(Cl)cn1. The lowest BCUT2D eigenvalue weighted by Crippen LogP contribution is -2.57. The van der Waals surface area contributed by atoms with E-state index in [4.69, 9.17) is 16.7 Å². The van der Waals surface area contributed by atoms with Crippen LogP contribution < -0.4 is 5.32 Å². The second-order valence-corrected chi connectivity index (χ2v) is 4.51. The number of aromatic nitrogens is 2. The van der Waals surface area contributed by atoms with Crippen LogP contribution in [0.1, 0.15) is 16.9 Å². The number of nitrogens with zero attached hydrogens (tertiary/aromatic N) is 3. The fourth-order valence-corrected chi connectivity index (χ4v) is 1.99. The molecule has 0 aliphatic carbocycles. The number of amides is 2. The normalized spacial score (nSPS) is 18.6. The van der Waals surface area contributed by atoms with Crippen molar-refractivity contribution in [2.75, 3.05) is 13.1 Å². The molecular weight excluding hydrogens is 288 g/mol. The van der Waals surface area contributed by atoms with Crippen molar-refractivity contribution in [3.8, 4) is 0 Å². The number of carboxylic acid groups (broad SMARTS) is 1. The number of carbonyl (C=O) groups is 3. The standard InChI is InChI=1S/C11H11ClN4O4/c12-8-5-14-6(4-15-8)11(20)16-2-1-13-10(19)7(16)3-9(17)18/h4-5,7H,1-3H2,(H,13,19)(H,17,18). The second kappa shape index (κ2) is 5.83. The van der Waals surface area contributed by atoms with Crippen LogP contribution >= 0.6 is 11.6 Å². The van der Waals surface area contributed by atoms with Gasteiger partial charge in [0.05, 0.1) is 18.8 Å². The number of carboxylic acids is 1. The number of hydrogen-bond acceptors (Lipinski definition) is 5. The van der Waals surface area contributed by atoms with Crippen LogP contribution in [-0.2, 0) is 9.59 Å². The highest BCUT2D eigenvalue weighted by Gasteiger charge is 2.35. The zero-order valence-electron chi connectivity index (χ0n) is 10.2. The van der Waals surface area contributed by atoms with E-state index >= 15 is 0 Å². The van der Waals surface area contributed by atoms with Gasteiger partial charge in [-0.05, 0) is 0 Å². The average Bonchev–Trinajstić information content (AvgIpc) is 2.41. The Morgan fingerprint density at radius 2 is 2.20 bits per heavy atom. The maximum atomic E-state index is 12.3. The van der Waals surface area contributed by atoms with Crippen molar-refractivity contribution in [1.82, 2.24) is 20.2 Å². The molecule has 1 saturated heterocycles. The van der Waals surface area contributed by atoms with Gasteiger partial charge in [-0.3, -0.25) is 14.4 Å². The summed E-state index contributed by atoms with van der Waals surface area (Å²) in [6.07, 6.45) is 1.94. The summed E-state index contributed by atoms with van der Waals surface area (Å²) in [7, 11) is 0. The molecule has 20 heavy (non-hydrogen) atoms. The maximum absolute atomic E-state index is 12.3. The summed E-state index contributed by atoms with van der Waals surface area (Å²) in [5.74, 6) is -2.20. The fourth-order valence-electron chi connectivity index (χ4n) is 1.90. The predicted octanol–water partition coefficient (Wildman–Crippen LogP) is -0.455. The highest BCUT2D eigenvalue weighted by Crippen LogP contribution is 2.13. The largest absolute Gasteiger partial charge is 0.481 e. The number of piperazine rings is 1. The molecule has 0 radical (unpaired) electrons. The van der Waals surface area contributed by atoms with Crippen molar-refractivity contribution in [3.63, 3.8) is 0 Å². The van der Waals surface area contributed by atoms with Gasteiger partial charge in [-0.1, -0.05) is 11.6 Å². The highest BCUT2D eigenvalue weighted by molar-refractivity contribution is 6.29. The Balaban J connectivity index is 2.23. The summed E-state index contributed by atoms with van der Waals surface area (Å²) < 4.78 is 0. The van der Waals surface area contributed by atoms with Gasteiger partial charge >= 0.3 is 5.97 Å². The third-order valence-electron chi connectivity index (χ3n) is 2.80. The number of aliphatic carboxylic acids is 1. The van der Waals surface area contributed by atoms with Crippen LogP contribution in [0, 0.1) is 0 Å². The first-order valence-electron chi connectivity index (χ1n) is 5.77. The van der Waals surface area contributed by atoms with Crippen molar-refractivity contribution in [3.05, 3.63) is 23.2 Å². The molecule has 2 amide bonds. The van der Waals surface area contributed by atoms with Gasteiger partial charge in [0.25, 0.3) is 5.91 Å². The van der Waals surface area contributed by atoms with Crippen molar-refractivity contribution >= 4 is 29.4 Å². The molecule has 2 heterocycles. The molecule has 0 saturated carbocycles. The summed E-state index contributed by atoms with van der Waals surface area (Å²) in [6, 6.07) is -1.05. The summed E-state index contributed by atoms with van der Waals surface area (Å²) in [6.45, 7) is 0.481. The van der Waals surface area contributed by atoms with Crippen molar-refractivity contribution < 1.29 is 19.5 Å². The first kappa shape index (κ1) is 14.2. The Morgan fingerprint density at radius 3 is 2.80 bits per heavy atom. The van der Waals surface area contributed by atoms with Gasteiger partial charge in [0.15, 0.2) is 0 Å². The van der Waals surface area contributed by atoms with E-state index in [1.165, 1.54) is 17.3 Å². The molecule has 2 N–H and O–H groups in total. The Hall–Kier alpha value is -2.22. The zero-order chi connectivity index (χ0) is 14.7. The van der Waals surface area contributed by atoms with E-state index in [-0.39, 0.29) is 23.9 Å². The Bertz CT molecular complexity index is 548. The smallest absolute Gasteiger partial charge is 0.305 e. The maximum Gasteiger partial charge on any atom is 0.305 e. The lowest BCUT2D eigenvalue weighted by atomic mass is 10.1. The van der Waals surface area contributed by atoms with E-state index in [1.807, 2.05) is 0 Å². The molecule has 1 aliphatic heterocycles. The highest BCUT2D eigenvalue weighted by atomic mass is 35.5. The van der Waals surface area contributed by atoms with E-state index in [2.05, 4.69) is 15.3 Å². The van der Waals surface area contributed by atoms with Crippen molar-refractivity contribution in [1.29, 1.82) is 0 Å². The molecule has 0 spiro atoms. The molecule has 1 fully saturated rings. The lowest BCUT2D eigenvalue weighted by Gasteiger charge is -2.33. The number of rotatable bonds is 3. The minimum absolute atomic E-state index is 0.0134. The molecule has 1 atom stereocenters. The quantitative estimate of drug-likeness (QED) is 0.781. The van der Waals surface area contributed by atoms with E-state index < -0.39 is 30.2 Å². The van der Waals surface area contributed by atoms with Gasteiger partial charge in [-0.25, -0.2) is 9.97 Å². The third kappa shape index (κ3) is 3.02. The van der Waals surface area contributed by atoms with Crippen LogP contribution in [-0.4, -0.2) is 56.9 Å². The summed E-state index contributed by atoms with van der Waals surface area (Å²) >= 11 is 5.58. The van der Waals surface area contributed by atoms with Crippen LogP contribution in [0.2, 0.25) is 5.15 Å². The monoisotopic (exact) mass is 298 g/mol. The number of hydrogen-bond donors (Lipinski definition) is 2. The topological polar surface area (TPSA) is 112 Å². The molecule has 2 rings (SSSR count). The molecule has 1 unspecified atom stereocenters. The van der Waals surface area contributed by atoms with Crippen molar-refractivity contribution in [2.45, 2.75) is 12.5 Å². The molecule has 1 aromatic heterocycles. The lowest BCUT2D eigenvalue weighted by molar-refractivity contribution is -0.142. The second-order valence-electron chi connectivity index (χ2n) is 4.13. The van der Waals surface area contributed by atoms with E-state index in [0.717, 1.165) is 0 Å².